The van der Waals surface area contributed by atoms with Crippen molar-refractivity contribution in [1.82, 2.24) is 10.6 Å². The summed E-state index contributed by atoms with van der Waals surface area (Å²) in [6, 6.07) is 7.02. The lowest BCUT2D eigenvalue weighted by molar-refractivity contribution is 0.0953. The average Bonchev–Trinajstić information content (AvgIpc) is 2.49. The van der Waals surface area contributed by atoms with Gasteiger partial charge in [0.1, 0.15) is 0 Å². The molecule has 0 heterocycles. The molecule has 3 N–H and O–H groups in total. The molecule has 1 aromatic carbocycles. The van der Waals surface area contributed by atoms with E-state index in [1.807, 2.05) is 20.9 Å². The molecule has 0 bridgehead atoms. The van der Waals surface area contributed by atoms with Crippen LogP contribution in [0, 0.1) is 0 Å². The number of nitrogens with one attached hydrogen (secondary N) is 2. The summed E-state index contributed by atoms with van der Waals surface area (Å²) in [5.41, 5.74) is 0.639. The van der Waals surface area contributed by atoms with Crippen LogP contribution in [0.25, 0.3) is 0 Å². The first-order valence-corrected chi connectivity index (χ1v) is 7.65. The normalized spacial score (nSPS) is 10.1. The summed E-state index contributed by atoms with van der Waals surface area (Å²) in [5.74, 6) is -0.0534. The molecule has 19 heavy (non-hydrogen) atoms. The monoisotopic (exact) mass is 284 g/mol. The summed E-state index contributed by atoms with van der Waals surface area (Å²) in [7, 11) is 1.70. The molecular weight excluding hydrogens is 259 g/mol. The van der Waals surface area contributed by atoms with Gasteiger partial charge in [-0.3, -0.25) is 4.79 Å². The van der Waals surface area contributed by atoms with Crippen LogP contribution in [0.15, 0.2) is 24.3 Å². The van der Waals surface area contributed by atoms with Crippen LogP contribution in [-0.2, 0) is 0 Å². The fraction of sp³-hybridized carbons (Fsp3) is 0.500. The highest BCUT2D eigenvalue weighted by Gasteiger charge is 2.03. The number of benzene rings is 1. The molecule has 0 saturated carbocycles. The molecule has 0 aliphatic carbocycles. The minimum absolute atomic E-state index is 0.0534. The van der Waals surface area contributed by atoms with E-state index in [0.717, 1.165) is 24.7 Å². The Hall–Kier alpha value is -0.960. The molecule has 0 aliphatic rings. The first-order chi connectivity index (χ1) is 9.27. The van der Waals surface area contributed by atoms with Gasteiger partial charge in [0.2, 0.25) is 0 Å². The van der Waals surface area contributed by atoms with E-state index in [0.29, 0.717) is 12.1 Å². The fourth-order valence-corrected chi connectivity index (χ4v) is 1.74. The van der Waals surface area contributed by atoms with Crippen LogP contribution in [0.3, 0.4) is 0 Å². The number of rotatable bonds is 7. The average molecular weight is 284 g/mol. The highest BCUT2D eigenvalue weighted by atomic mass is 31.1. The van der Waals surface area contributed by atoms with Crippen molar-refractivity contribution in [2.75, 3.05) is 20.1 Å². The Morgan fingerprint density at radius 3 is 2.26 bits per heavy atom. The van der Waals surface area contributed by atoms with Gasteiger partial charge in [-0.25, -0.2) is 0 Å². The lowest BCUT2D eigenvalue weighted by Crippen LogP contribution is -2.25. The minimum Gasteiger partial charge on any atom is -0.372 e. The minimum atomic E-state index is -0.218. The Morgan fingerprint density at radius 1 is 1.16 bits per heavy atom. The number of hydrogen-bond acceptors (Lipinski definition) is 3. The van der Waals surface area contributed by atoms with E-state index in [2.05, 4.69) is 10.6 Å². The summed E-state index contributed by atoms with van der Waals surface area (Å²) in [4.78, 5) is 20.6. The van der Waals surface area contributed by atoms with Gasteiger partial charge in [0, 0.05) is 20.9 Å². The van der Waals surface area contributed by atoms with Crippen molar-refractivity contribution in [1.29, 1.82) is 0 Å². The molecule has 0 saturated heterocycles. The SMILES string of the molecule is CC.CNCCCCNC(=O)c1ccc(PO)cc1. The number of amides is 1. The third-order valence-electron chi connectivity index (χ3n) is 2.42. The van der Waals surface area contributed by atoms with Crippen LogP contribution in [0.2, 0.25) is 0 Å². The van der Waals surface area contributed by atoms with Gasteiger partial charge in [-0.2, -0.15) is 0 Å². The van der Waals surface area contributed by atoms with Gasteiger partial charge in [-0.1, -0.05) is 26.0 Å². The third-order valence-corrected chi connectivity index (χ3v) is 3.01. The molecular formula is C14H25N2O2P. The molecule has 1 rings (SSSR count). The van der Waals surface area contributed by atoms with E-state index in [-0.39, 0.29) is 14.7 Å². The van der Waals surface area contributed by atoms with Crippen molar-refractivity contribution >= 4 is 20.0 Å². The van der Waals surface area contributed by atoms with Crippen molar-refractivity contribution in [2.45, 2.75) is 26.7 Å². The molecule has 0 aromatic heterocycles. The van der Waals surface area contributed by atoms with E-state index >= 15 is 0 Å². The molecule has 0 aliphatic heterocycles. The van der Waals surface area contributed by atoms with Crippen LogP contribution >= 0.6 is 8.81 Å². The maximum atomic E-state index is 11.7. The van der Waals surface area contributed by atoms with E-state index in [1.54, 1.807) is 24.3 Å². The molecule has 0 fully saturated rings. The van der Waals surface area contributed by atoms with Crippen molar-refractivity contribution in [2.24, 2.45) is 0 Å². The van der Waals surface area contributed by atoms with Crippen molar-refractivity contribution in [3.05, 3.63) is 29.8 Å². The fourth-order valence-electron chi connectivity index (χ4n) is 1.43. The van der Waals surface area contributed by atoms with Crippen molar-refractivity contribution < 1.29 is 9.69 Å². The van der Waals surface area contributed by atoms with Gasteiger partial charge < -0.3 is 15.5 Å². The van der Waals surface area contributed by atoms with Crippen LogP contribution in [0.5, 0.6) is 0 Å². The molecule has 1 unspecified atom stereocenters. The molecule has 108 valence electrons. The van der Waals surface area contributed by atoms with Gasteiger partial charge >= 0.3 is 0 Å². The molecule has 1 aromatic rings. The zero-order valence-corrected chi connectivity index (χ0v) is 13.0. The number of carbonyl (C=O) groups is 1. The third kappa shape index (κ3) is 7.93. The highest BCUT2D eigenvalue weighted by Crippen LogP contribution is 2.05. The summed E-state index contributed by atoms with van der Waals surface area (Å²) >= 11 is 0. The van der Waals surface area contributed by atoms with Crippen molar-refractivity contribution in [3.63, 3.8) is 0 Å². The van der Waals surface area contributed by atoms with Gasteiger partial charge in [-0.15, -0.1) is 0 Å². The van der Waals surface area contributed by atoms with E-state index < -0.39 is 0 Å². The van der Waals surface area contributed by atoms with Crippen LogP contribution in [0.4, 0.5) is 0 Å². The second-order valence-electron chi connectivity index (χ2n) is 3.76. The topological polar surface area (TPSA) is 61.4 Å². The zero-order chi connectivity index (χ0) is 14.5. The lowest BCUT2D eigenvalue weighted by Gasteiger charge is -2.05. The number of unbranched alkanes of at least 4 members (excludes halogenated alkanes) is 1. The van der Waals surface area contributed by atoms with Gasteiger partial charge in [0.25, 0.3) is 5.91 Å². The van der Waals surface area contributed by atoms with Crippen LogP contribution in [-0.4, -0.2) is 30.9 Å². The Balaban J connectivity index is 0.00000154. The summed E-state index contributed by atoms with van der Waals surface area (Å²) in [6.45, 7) is 5.67. The van der Waals surface area contributed by atoms with Crippen LogP contribution < -0.4 is 15.9 Å². The van der Waals surface area contributed by atoms with Gasteiger partial charge in [0.05, 0.1) is 0 Å². The first-order valence-electron chi connectivity index (χ1n) is 6.71. The molecule has 5 heteroatoms. The smallest absolute Gasteiger partial charge is 0.251 e. The Morgan fingerprint density at radius 2 is 1.74 bits per heavy atom. The second-order valence-corrected chi connectivity index (χ2v) is 4.56. The van der Waals surface area contributed by atoms with E-state index in [1.165, 1.54) is 0 Å². The Bertz CT molecular complexity index is 342. The highest BCUT2D eigenvalue weighted by molar-refractivity contribution is 7.40. The largest absolute Gasteiger partial charge is 0.372 e. The summed E-state index contributed by atoms with van der Waals surface area (Å²) in [6.07, 6.45) is 2.03. The van der Waals surface area contributed by atoms with Gasteiger partial charge in [-0.05, 0) is 43.9 Å². The van der Waals surface area contributed by atoms with Crippen LogP contribution in [0.1, 0.15) is 37.0 Å². The number of hydrogen-bond donors (Lipinski definition) is 3. The Labute approximate surface area is 117 Å². The predicted octanol–water partition coefficient (Wildman–Crippen LogP) is 1.65. The van der Waals surface area contributed by atoms with E-state index in [9.17, 15) is 4.79 Å². The lowest BCUT2D eigenvalue weighted by atomic mass is 10.2. The summed E-state index contributed by atoms with van der Waals surface area (Å²) in [5, 5.41) is 6.78. The molecule has 1 amide bonds. The summed E-state index contributed by atoms with van der Waals surface area (Å²) < 4.78 is 0. The predicted molar refractivity (Wildman–Crippen MR) is 83.5 cm³/mol. The molecule has 0 radical (unpaired) electrons. The zero-order valence-electron chi connectivity index (χ0n) is 12.0. The molecule has 4 nitrogen and oxygen atoms in total. The van der Waals surface area contributed by atoms with E-state index in [4.69, 9.17) is 4.89 Å². The first kappa shape index (κ1) is 18.0. The Kier molecular flexibility index (Phi) is 11.5. The maximum absolute atomic E-state index is 11.7. The second kappa shape index (κ2) is 12.1. The molecule has 1 atom stereocenters. The van der Waals surface area contributed by atoms with Gasteiger partial charge in [0.15, 0.2) is 0 Å². The number of carbonyl (C=O) groups excluding carboxylic acids is 1. The van der Waals surface area contributed by atoms with Crippen molar-refractivity contribution in [3.8, 4) is 0 Å². The maximum Gasteiger partial charge on any atom is 0.251 e. The molecule has 0 spiro atoms. The quantitative estimate of drug-likeness (QED) is 0.527. The standard InChI is InChI=1S/C12H19N2O2P.C2H6/c1-13-8-2-3-9-14-12(15)10-4-6-11(17-16)7-5-10;1-2/h4-7,13,16-17H,2-3,8-9H2,1H3,(H,14,15);1-2H3.